The Hall–Kier alpha value is -0.450. The van der Waals surface area contributed by atoms with Crippen molar-refractivity contribution >= 4 is 15.9 Å². The largest absolute Gasteiger partial charge is 0.374 e. The molecule has 2 unspecified atom stereocenters. The number of aromatic nitrogens is 1. The second-order valence-electron chi connectivity index (χ2n) is 5.80. The molecule has 1 saturated heterocycles. The van der Waals surface area contributed by atoms with E-state index in [1.54, 1.807) is 0 Å². The quantitative estimate of drug-likeness (QED) is 0.856. The van der Waals surface area contributed by atoms with E-state index in [2.05, 4.69) is 52.2 Å². The number of nitrogens with zero attached hydrogens (tertiary/aromatic N) is 1. The SMILES string of the molecule is CCCNC(Cc1ccc(Br)cn1)C1(C)CCCCO1. The first-order valence-corrected chi connectivity index (χ1v) is 8.41. The minimum atomic E-state index is -0.0673. The molecule has 2 heterocycles. The molecule has 1 aliphatic rings. The molecule has 0 bridgehead atoms. The van der Waals surface area contributed by atoms with Crippen LogP contribution in [-0.2, 0) is 11.2 Å². The first-order valence-electron chi connectivity index (χ1n) is 7.62. The predicted octanol–water partition coefficient (Wildman–Crippen LogP) is 3.71. The summed E-state index contributed by atoms with van der Waals surface area (Å²) in [6, 6.07) is 4.48. The highest BCUT2D eigenvalue weighted by Gasteiger charge is 2.36. The van der Waals surface area contributed by atoms with Crippen LogP contribution in [0.2, 0.25) is 0 Å². The molecule has 3 nitrogen and oxygen atoms in total. The minimum absolute atomic E-state index is 0.0673. The summed E-state index contributed by atoms with van der Waals surface area (Å²) < 4.78 is 7.15. The number of hydrogen-bond donors (Lipinski definition) is 1. The lowest BCUT2D eigenvalue weighted by atomic mass is 9.85. The molecule has 0 spiro atoms. The van der Waals surface area contributed by atoms with E-state index < -0.39 is 0 Å². The van der Waals surface area contributed by atoms with E-state index >= 15 is 0 Å². The Morgan fingerprint density at radius 2 is 2.30 bits per heavy atom. The molecule has 2 rings (SSSR count). The molecule has 20 heavy (non-hydrogen) atoms. The minimum Gasteiger partial charge on any atom is -0.374 e. The first-order chi connectivity index (χ1) is 9.64. The summed E-state index contributed by atoms with van der Waals surface area (Å²) in [5, 5.41) is 3.67. The van der Waals surface area contributed by atoms with E-state index in [0.717, 1.165) is 42.6 Å². The summed E-state index contributed by atoms with van der Waals surface area (Å²) >= 11 is 3.44. The van der Waals surface area contributed by atoms with Crippen molar-refractivity contribution in [1.82, 2.24) is 10.3 Å². The maximum absolute atomic E-state index is 6.12. The van der Waals surface area contributed by atoms with E-state index in [1.807, 2.05) is 6.20 Å². The van der Waals surface area contributed by atoms with Crippen LogP contribution in [0.25, 0.3) is 0 Å². The van der Waals surface area contributed by atoms with Gasteiger partial charge in [-0.3, -0.25) is 4.98 Å². The molecule has 0 aliphatic carbocycles. The summed E-state index contributed by atoms with van der Waals surface area (Å²) in [4.78, 5) is 4.51. The number of rotatable bonds is 6. The monoisotopic (exact) mass is 340 g/mol. The zero-order valence-electron chi connectivity index (χ0n) is 12.5. The van der Waals surface area contributed by atoms with Gasteiger partial charge >= 0.3 is 0 Å². The molecular formula is C16H25BrN2O. The third-order valence-electron chi connectivity index (χ3n) is 4.08. The molecular weight excluding hydrogens is 316 g/mol. The van der Waals surface area contributed by atoms with Gasteiger partial charge in [0.25, 0.3) is 0 Å². The van der Waals surface area contributed by atoms with Crippen molar-refractivity contribution in [2.75, 3.05) is 13.2 Å². The van der Waals surface area contributed by atoms with Gasteiger partial charge in [0, 0.05) is 35.4 Å². The Morgan fingerprint density at radius 3 is 2.90 bits per heavy atom. The fourth-order valence-electron chi connectivity index (χ4n) is 2.79. The van der Waals surface area contributed by atoms with Crippen LogP contribution in [0.3, 0.4) is 0 Å². The number of nitrogens with one attached hydrogen (secondary N) is 1. The van der Waals surface area contributed by atoms with E-state index in [4.69, 9.17) is 4.74 Å². The van der Waals surface area contributed by atoms with Gasteiger partial charge in [0.1, 0.15) is 0 Å². The molecule has 0 radical (unpaired) electrons. The summed E-state index contributed by atoms with van der Waals surface area (Å²) in [6.07, 6.45) is 7.51. The number of ether oxygens (including phenoxy) is 1. The zero-order valence-corrected chi connectivity index (χ0v) is 14.1. The molecule has 1 fully saturated rings. The normalized spacial score (nSPS) is 24.6. The smallest absolute Gasteiger partial charge is 0.0810 e. The lowest BCUT2D eigenvalue weighted by Crippen LogP contribution is -2.53. The van der Waals surface area contributed by atoms with E-state index in [9.17, 15) is 0 Å². The molecule has 1 aromatic rings. The van der Waals surface area contributed by atoms with Crippen LogP contribution in [0.4, 0.5) is 0 Å². The molecule has 0 amide bonds. The summed E-state index contributed by atoms with van der Waals surface area (Å²) in [5.41, 5.74) is 1.06. The van der Waals surface area contributed by atoms with Crippen LogP contribution >= 0.6 is 15.9 Å². The van der Waals surface area contributed by atoms with Crippen molar-refractivity contribution in [2.24, 2.45) is 0 Å². The van der Waals surface area contributed by atoms with E-state index in [-0.39, 0.29) is 5.60 Å². The lowest BCUT2D eigenvalue weighted by molar-refractivity contribution is -0.0885. The van der Waals surface area contributed by atoms with Gasteiger partial charge in [-0.15, -0.1) is 0 Å². The standard InChI is InChI=1S/C16H25BrN2O/c1-3-9-18-15(16(2)8-4-5-10-20-16)11-14-7-6-13(17)12-19-14/h6-7,12,15,18H,3-5,8-11H2,1-2H3. The van der Waals surface area contributed by atoms with Gasteiger partial charge in [0.05, 0.1) is 5.60 Å². The Morgan fingerprint density at radius 1 is 1.45 bits per heavy atom. The highest BCUT2D eigenvalue weighted by atomic mass is 79.9. The highest BCUT2D eigenvalue weighted by Crippen LogP contribution is 2.29. The number of hydrogen-bond acceptors (Lipinski definition) is 3. The molecule has 0 saturated carbocycles. The zero-order chi connectivity index (χ0) is 14.4. The Balaban J connectivity index is 2.07. The average Bonchev–Trinajstić information content (AvgIpc) is 2.46. The van der Waals surface area contributed by atoms with Gasteiger partial charge in [0.15, 0.2) is 0 Å². The third-order valence-corrected chi connectivity index (χ3v) is 4.55. The van der Waals surface area contributed by atoms with Crippen molar-refractivity contribution in [3.63, 3.8) is 0 Å². The van der Waals surface area contributed by atoms with Gasteiger partial charge < -0.3 is 10.1 Å². The van der Waals surface area contributed by atoms with Gasteiger partial charge in [-0.25, -0.2) is 0 Å². The fourth-order valence-corrected chi connectivity index (χ4v) is 3.02. The third kappa shape index (κ3) is 4.27. The summed E-state index contributed by atoms with van der Waals surface area (Å²) in [7, 11) is 0. The Labute approximate surface area is 130 Å². The van der Waals surface area contributed by atoms with E-state index in [1.165, 1.54) is 12.8 Å². The highest BCUT2D eigenvalue weighted by molar-refractivity contribution is 9.10. The molecule has 0 aromatic carbocycles. The first kappa shape index (κ1) is 15.9. The van der Waals surface area contributed by atoms with Crippen LogP contribution in [-0.4, -0.2) is 29.8 Å². The van der Waals surface area contributed by atoms with E-state index in [0.29, 0.717) is 6.04 Å². The molecule has 1 aromatic heterocycles. The van der Waals surface area contributed by atoms with Gasteiger partial charge in [-0.1, -0.05) is 6.92 Å². The van der Waals surface area contributed by atoms with Crippen LogP contribution in [0.15, 0.2) is 22.8 Å². The Bertz CT molecular complexity index is 401. The average molecular weight is 341 g/mol. The molecule has 112 valence electrons. The van der Waals surface area contributed by atoms with Crippen LogP contribution < -0.4 is 5.32 Å². The van der Waals surface area contributed by atoms with Crippen molar-refractivity contribution in [3.8, 4) is 0 Å². The van der Waals surface area contributed by atoms with Gasteiger partial charge in [0.2, 0.25) is 0 Å². The second-order valence-corrected chi connectivity index (χ2v) is 6.71. The van der Waals surface area contributed by atoms with Crippen LogP contribution in [0.1, 0.15) is 45.2 Å². The lowest BCUT2D eigenvalue weighted by Gasteiger charge is -2.41. The van der Waals surface area contributed by atoms with Crippen molar-refractivity contribution < 1.29 is 4.74 Å². The van der Waals surface area contributed by atoms with Crippen LogP contribution in [0, 0.1) is 0 Å². The topological polar surface area (TPSA) is 34.2 Å². The predicted molar refractivity (Wildman–Crippen MR) is 85.9 cm³/mol. The van der Waals surface area contributed by atoms with Gasteiger partial charge in [-0.2, -0.15) is 0 Å². The molecule has 1 N–H and O–H groups in total. The maximum Gasteiger partial charge on any atom is 0.0810 e. The van der Waals surface area contributed by atoms with Gasteiger partial charge in [-0.05, 0) is 67.2 Å². The fraction of sp³-hybridized carbons (Fsp3) is 0.688. The Kier molecular flexibility index (Phi) is 6.00. The van der Waals surface area contributed by atoms with Crippen LogP contribution in [0.5, 0.6) is 0 Å². The maximum atomic E-state index is 6.12. The molecule has 4 heteroatoms. The summed E-state index contributed by atoms with van der Waals surface area (Å²) in [5.74, 6) is 0. The van der Waals surface area contributed by atoms with Crippen molar-refractivity contribution in [2.45, 2.75) is 57.6 Å². The molecule has 1 aliphatic heterocycles. The number of pyridine rings is 1. The van der Waals surface area contributed by atoms with Crippen molar-refractivity contribution in [3.05, 3.63) is 28.5 Å². The second kappa shape index (κ2) is 7.53. The molecule has 2 atom stereocenters. The number of halogens is 1. The van der Waals surface area contributed by atoms with Crippen molar-refractivity contribution in [1.29, 1.82) is 0 Å². The summed E-state index contributed by atoms with van der Waals surface area (Å²) in [6.45, 7) is 6.36.